The van der Waals surface area contributed by atoms with E-state index in [-0.39, 0.29) is 24.2 Å². The molecule has 19 heavy (non-hydrogen) atoms. The van der Waals surface area contributed by atoms with Crippen molar-refractivity contribution in [2.45, 2.75) is 6.54 Å². The van der Waals surface area contributed by atoms with Crippen LogP contribution >= 0.6 is 0 Å². The second kappa shape index (κ2) is 5.02. The van der Waals surface area contributed by atoms with Crippen molar-refractivity contribution < 1.29 is 18.8 Å². The molecule has 1 aromatic carbocycles. The van der Waals surface area contributed by atoms with Crippen molar-refractivity contribution in [2.75, 3.05) is 6.54 Å². The van der Waals surface area contributed by atoms with Gasteiger partial charge in [0.25, 0.3) is 5.91 Å². The van der Waals surface area contributed by atoms with E-state index in [0.29, 0.717) is 0 Å². The Kier molecular flexibility index (Phi) is 3.43. The van der Waals surface area contributed by atoms with Gasteiger partial charge in [0.2, 0.25) is 5.91 Å². The maximum Gasteiger partial charge on any atom is 0.324 e. The van der Waals surface area contributed by atoms with Crippen LogP contribution in [0.5, 0.6) is 0 Å². The fourth-order valence-electron chi connectivity index (χ4n) is 1.71. The standard InChI is InChI=1S/C11H11FN4O3/c12-8-2-1-6(10(18)15-13)3-7(8)5-16-9(17)4-14-11(16)19/h1-3H,4-5,13H2,(H,14,19)(H,15,18). The topological polar surface area (TPSA) is 105 Å². The molecule has 0 saturated carbocycles. The van der Waals surface area contributed by atoms with Crippen LogP contribution < -0.4 is 16.6 Å². The summed E-state index contributed by atoms with van der Waals surface area (Å²) in [6.45, 7) is -0.342. The van der Waals surface area contributed by atoms with E-state index in [0.717, 1.165) is 11.0 Å². The molecular weight excluding hydrogens is 255 g/mol. The lowest BCUT2D eigenvalue weighted by Gasteiger charge is -2.13. The Labute approximate surface area is 107 Å². The Balaban J connectivity index is 2.26. The minimum absolute atomic E-state index is 0.0616. The SMILES string of the molecule is NNC(=O)c1ccc(F)c(CN2C(=O)CNC2=O)c1. The third-order valence-corrected chi connectivity index (χ3v) is 2.70. The molecule has 1 saturated heterocycles. The molecule has 7 nitrogen and oxygen atoms in total. The lowest BCUT2D eigenvalue weighted by Crippen LogP contribution is -2.32. The van der Waals surface area contributed by atoms with Gasteiger partial charge in [0.05, 0.1) is 13.1 Å². The molecule has 0 spiro atoms. The molecule has 0 unspecified atom stereocenters. The lowest BCUT2D eigenvalue weighted by atomic mass is 10.1. The Morgan fingerprint density at radius 1 is 1.47 bits per heavy atom. The predicted octanol–water partition coefficient (Wildman–Crippen LogP) is -0.519. The number of halogens is 1. The monoisotopic (exact) mass is 266 g/mol. The highest BCUT2D eigenvalue weighted by Gasteiger charge is 2.29. The van der Waals surface area contributed by atoms with Crippen molar-refractivity contribution in [3.8, 4) is 0 Å². The number of benzene rings is 1. The molecule has 0 aromatic heterocycles. The van der Waals surface area contributed by atoms with Gasteiger partial charge in [-0.1, -0.05) is 0 Å². The number of carbonyl (C=O) groups is 3. The number of amides is 4. The van der Waals surface area contributed by atoms with Gasteiger partial charge in [-0.05, 0) is 18.2 Å². The third-order valence-electron chi connectivity index (χ3n) is 2.70. The number of nitrogens with two attached hydrogens (primary N) is 1. The molecule has 8 heteroatoms. The molecule has 0 radical (unpaired) electrons. The van der Waals surface area contributed by atoms with Gasteiger partial charge in [-0.3, -0.25) is 19.9 Å². The van der Waals surface area contributed by atoms with Gasteiger partial charge < -0.3 is 5.32 Å². The second-order valence-electron chi connectivity index (χ2n) is 3.92. The van der Waals surface area contributed by atoms with Crippen LogP contribution in [-0.2, 0) is 11.3 Å². The molecule has 100 valence electrons. The maximum absolute atomic E-state index is 13.6. The first kappa shape index (κ1) is 13.0. The van der Waals surface area contributed by atoms with Crippen LogP contribution in [0.1, 0.15) is 15.9 Å². The smallest absolute Gasteiger partial charge is 0.324 e. The Morgan fingerprint density at radius 2 is 2.21 bits per heavy atom. The average molecular weight is 266 g/mol. The average Bonchev–Trinajstić information content (AvgIpc) is 2.72. The first-order chi connectivity index (χ1) is 9.02. The van der Waals surface area contributed by atoms with Gasteiger partial charge in [-0.2, -0.15) is 0 Å². The molecule has 2 rings (SSSR count). The molecule has 4 amide bonds. The van der Waals surface area contributed by atoms with Gasteiger partial charge >= 0.3 is 6.03 Å². The van der Waals surface area contributed by atoms with Gasteiger partial charge in [-0.15, -0.1) is 0 Å². The van der Waals surface area contributed by atoms with E-state index in [4.69, 9.17) is 5.84 Å². The number of nitrogens with zero attached hydrogens (tertiary/aromatic N) is 1. The lowest BCUT2D eigenvalue weighted by molar-refractivity contribution is -0.125. The number of nitrogens with one attached hydrogen (secondary N) is 2. The van der Waals surface area contributed by atoms with Gasteiger partial charge in [0.1, 0.15) is 5.82 Å². The van der Waals surface area contributed by atoms with E-state index in [9.17, 15) is 18.8 Å². The summed E-state index contributed by atoms with van der Waals surface area (Å²) >= 11 is 0. The number of rotatable bonds is 3. The van der Waals surface area contributed by atoms with Crippen molar-refractivity contribution >= 4 is 17.8 Å². The highest BCUT2D eigenvalue weighted by Crippen LogP contribution is 2.15. The molecule has 0 atom stereocenters. The zero-order valence-corrected chi connectivity index (χ0v) is 9.77. The number of urea groups is 1. The molecule has 0 bridgehead atoms. The Bertz CT molecular complexity index is 545. The van der Waals surface area contributed by atoms with Crippen LogP contribution in [0.3, 0.4) is 0 Å². The quantitative estimate of drug-likeness (QED) is 0.296. The number of imide groups is 1. The van der Waals surface area contributed by atoms with Gasteiger partial charge in [-0.25, -0.2) is 15.0 Å². The van der Waals surface area contributed by atoms with E-state index in [1.165, 1.54) is 12.1 Å². The number of carbonyl (C=O) groups excluding carboxylic acids is 3. The molecule has 1 fully saturated rings. The number of hydrazine groups is 1. The Morgan fingerprint density at radius 3 is 2.79 bits per heavy atom. The van der Waals surface area contributed by atoms with E-state index in [1.807, 2.05) is 5.43 Å². The zero-order valence-electron chi connectivity index (χ0n) is 9.77. The fraction of sp³-hybridized carbons (Fsp3) is 0.182. The first-order valence-electron chi connectivity index (χ1n) is 5.40. The van der Waals surface area contributed by atoms with Crippen LogP contribution in [-0.4, -0.2) is 29.3 Å². The van der Waals surface area contributed by atoms with Crippen LogP contribution in [0.15, 0.2) is 18.2 Å². The van der Waals surface area contributed by atoms with Crippen molar-refractivity contribution in [1.82, 2.24) is 15.6 Å². The number of hydrogen-bond acceptors (Lipinski definition) is 4. The van der Waals surface area contributed by atoms with Crippen LogP contribution in [0.2, 0.25) is 0 Å². The Hall–Kier alpha value is -2.48. The van der Waals surface area contributed by atoms with E-state index < -0.39 is 23.7 Å². The summed E-state index contributed by atoms with van der Waals surface area (Å²) < 4.78 is 13.6. The number of nitrogen functional groups attached to an aromatic ring is 1. The minimum atomic E-state index is -0.610. The van der Waals surface area contributed by atoms with Crippen molar-refractivity contribution in [1.29, 1.82) is 0 Å². The van der Waals surface area contributed by atoms with Crippen LogP contribution in [0.4, 0.5) is 9.18 Å². The predicted molar refractivity (Wildman–Crippen MR) is 62.0 cm³/mol. The van der Waals surface area contributed by atoms with Crippen LogP contribution in [0.25, 0.3) is 0 Å². The molecule has 0 aliphatic carbocycles. The van der Waals surface area contributed by atoms with Crippen molar-refractivity contribution in [3.63, 3.8) is 0 Å². The summed E-state index contributed by atoms with van der Waals surface area (Å²) in [6, 6.07) is 3.00. The highest BCUT2D eigenvalue weighted by atomic mass is 19.1. The summed E-state index contributed by atoms with van der Waals surface area (Å²) in [5.74, 6) is 3.34. The van der Waals surface area contributed by atoms with Crippen LogP contribution in [0, 0.1) is 5.82 Å². The number of hydrogen-bond donors (Lipinski definition) is 3. The molecule has 1 heterocycles. The van der Waals surface area contributed by atoms with Crippen molar-refractivity contribution in [3.05, 3.63) is 35.1 Å². The molecular formula is C11H11FN4O3. The molecule has 1 aliphatic heterocycles. The summed E-state index contributed by atoms with van der Waals surface area (Å²) in [6.07, 6.45) is 0. The first-order valence-corrected chi connectivity index (χ1v) is 5.40. The summed E-state index contributed by atoms with van der Waals surface area (Å²) in [5.41, 5.74) is 2.12. The normalized spacial score (nSPS) is 14.5. The largest absolute Gasteiger partial charge is 0.329 e. The van der Waals surface area contributed by atoms with E-state index >= 15 is 0 Å². The fourth-order valence-corrected chi connectivity index (χ4v) is 1.71. The summed E-state index contributed by atoms with van der Waals surface area (Å²) in [5, 5.41) is 2.32. The second-order valence-corrected chi connectivity index (χ2v) is 3.92. The third kappa shape index (κ3) is 2.52. The van der Waals surface area contributed by atoms with E-state index in [1.54, 1.807) is 0 Å². The zero-order chi connectivity index (χ0) is 14.0. The van der Waals surface area contributed by atoms with E-state index in [2.05, 4.69) is 5.32 Å². The molecule has 1 aromatic rings. The molecule has 1 aliphatic rings. The maximum atomic E-state index is 13.6. The highest BCUT2D eigenvalue weighted by molar-refractivity contribution is 6.02. The van der Waals surface area contributed by atoms with Crippen molar-refractivity contribution in [2.24, 2.45) is 5.84 Å². The minimum Gasteiger partial charge on any atom is -0.329 e. The van der Waals surface area contributed by atoms with Gasteiger partial charge in [0.15, 0.2) is 0 Å². The summed E-state index contributed by atoms with van der Waals surface area (Å²) in [4.78, 5) is 34.9. The molecule has 4 N–H and O–H groups in total. The van der Waals surface area contributed by atoms with Gasteiger partial charge in [0, 0.05) is 11.1 Å². The summed E-state index contributed by atoms with van der Waals surface area (Å²) in [7, 11) is 0.